The van der Waals surface area contributed by atoms with Crippen LogP contribution in [0.4, 0.5) is 4.39 Å². The quantitative estimate of drug-likeness (QED) is 0.927. The molecule has 2 aromatic rings. The Morgan fingerprint density at radius 3 is 2.53 bits per heavy atom. The highest BCUT2D eigenvalue weighted by atomic mass is 35.5. The van der Waals surface area contributed by atoms with E-state index in [-0.39, 0.29) is 22.9 Å². The lowest BCUT2D eigenvalue weighted by Gasteiger charge is -2.10. The van der Waals surface area contributed by atoms with Crippen LogP contribution in [0.1, 0.15) is 15.9 Å². The Hall–Kier alpha value is -2.07. The van der Waals surface area contributed by atoms with Crippen LogP contribution >= 0.6 is 11.6 Å². The van der Waals surface area contributed by atoms with Gasteiger partial charge in [-0.3, -0.25) is 0 Å². The average Bonchev–Trinajstić information content (AvgIpc) is 2.38. The summed E-state index contributed by atoms with van der Waals surface area (Å²) in [6, 6.07) is 11.2. The lowest BCUT2D eigenvalue weighted by molar-refractivity contribution is 0.0696. The smallest absolute Gasteiger partial charge is 0.335 e. The van der Waals surface area contributed by atoms with Crippen LogP contribution in [0.25, 0.3) is 0 Å². The van der Waals surface area contributed by atoms with E-state index in [1.807, 2.05) is 30.3 Å². The number of rotatable bonds is 4. The lowest BCUT2D eigenvalue weighted by atomic mass is 10.2. The molecule has 0 radical (unpaired) electrons. The van der Waals surface area contributed by atoms with E-state index >= 15 is 0 Å². The summed E-state index contributed by atoms with van der Waals surface area (Å²) in [7, 11) is 0. The van der Waals surface area contributed by atoms with Gasteiger partial charge < -0.3 is 9.84 Å². The second-order valence-electron chi connectivity index (χ2n) is 3.85. The van der Waals surface area contributed by atoms with Crippen molar-refractivity contribution in [3.8, 4) is 5.75 Å². The molecule has 0 amide bonds. The highest BCUT2D eigenvalue weighted by Gasteiger charge is 2.14. The summed E-state index contributed by atoms with van der Waals surface area (Å²) in [5, 5.41) is 8.70. The van der Waals surface area contributed by atoms with Crippen LogP contribution in [0.2, 0.25) is 5.02 Å². The van der Waals surface area contributed by atoms with Crippen molar-refractivity contribution in [1.82, 2.24) is 0 Å². The summed E-state index contributed by atoms with van der Waals surface area (Å²) in [6.07, 6.45) is 0. The fraction of sp³-hybridized carbons (Fsp3) is 0.0714. The summed E-state index contributed by atoms with van der Waals surface area (Å²) < 4.78 is 19.0. The molecule has 1 N–H and O–H groups in total. The molecule has 0 heterocycles. The van der Waals surface area contributed by atoms with Gasteiger partial charge in [0.15, 0.2) is 11.6 Å². The maximum Gasteiger partial charge on any atom is 0.335 e. The van der Waals surface area contributed by atoms with E-state index in [4.69, 9.17) is 21.4 Å². The average molecular weight is 281 g/mol. The van der Waals surface area contributed by atoms with Gasteiger partial charge in [-0.1, -0.05) is 41.9 Å². The van der Waals surface area contributed by atoms with E-state index < -0.39 is 11.8 Å². The number of aromatic carboxylic acids is 1. The zero-order valence-corrected chi connectivity index (χ0v) is 10.5. The zero-order valence-electron chi connectivity index (χ0n) is 9.77. The number of ether oxygens (including phenoxy) is 1. The lowest BCUT2D eigenvalue weighted by Crippen LogP contribution is -2.02. The molecule has 0 spiro atoms. The Labute approximate surface area is 114 Å². The van der Waals surface area contributed by atoms with E-state index in [2.05, 4.69) is 0 Å². The standard InChI is InChI=1S/C14H10ClFO3/c15-11-6-10(14(17)18)7-12(16)13(11)19-8-9-4-2-1-3-5-9/h1-7H,8H2,(H,17,18). The minimum atomic E-state index is -1.24. The van der Waals surface area contributed by atoms with Gasteiger partial charge in [-0.15, -0.1) is 0 Å². The number of halogens is 2. The van der Waals surface area contributed by atoms with Gasteiger partial charge in [0.25, 0.3) is 0 Å². The maximum atomic E-state index is 13.7. The van der Waals surface area contributed by atoms with Crippen LogP contribution in [-0.2, 0) is 6.61 Å². The molecule has 5 heteroatoms. The molecule has 0 fully saturated rings. The summed E-state index contributed by atoms with van der Waals surface area (Å²) in [6.45, 7) is 0.157. The summed E-state index contributed by atoms with van der Waals surface area (Å²) >= 11 is 5.82. The van der Waals surface area contributed by atoms with E-state index in [0.29, 0.717) is 0 Å². The van der Waals surface area contributed by atoms with E-state index in [1.165, 1.54) is 0 Å². The van der Waals surface area contributed by atoms with Crippen LogP contribution < -0.4 is 4.74 Å². The fourth-order valence-corrected chi connectivity index (χ4v) is 1.81. The van der Waals surface area contributed by atoms with Crippen molar-refractivity contribution in [1.29, 1.82) is 0 Å². The third-order valence-corrected chi connectivity index (χ3v) is 2.75. The Kier molecular flexibility index (Phi) is 4.02. The minimum Gasteiger partial charge on any atom is -0.484 e. The Balaban J connectivity index is 2.19. The van der Waals surface area contributed by atoms with E-state index in [0.717, 1.165) is 17.7 Å². The van der Waals surface area contributed by atoms with Crippen LogP contribution in [0.3, 0.4) is 0 Å². The molecular weight excluding hydrogens is 271 g/mol. The highest BCUT2D eigenvalue weighted by Crippen LogP contribution is 2.30. The first-order valence-electron chi connectivity index (χ1n) is 5.47. The number of hydrogen-bond acceptors (Lipinski definition) is 2. The van der Waals surface area contributed by atoms with E-state index in [1.54, 1.807) is 0 Å². The van der Waals surface area contributed by atoms with Crippen LogP contribution in [0.15, 0.2) is 42.5 Å². The normalized spacial score (nSPS) is 10.2. The maximum absolute atomic E-state index is 13.7. The molecule has 0 aliphatic heterocycles. The molecule has 2 aromatic carbocycles. The Morgan fingerprint density at radius 2 is 1.95 bits per heavy atom. The predicted molar refractivity (Wildman–Crippen MR) is 69.1 cm³/mol. The number of benzene rings is 2. The number of carboxylic acids is 1. The van der Waals surface area contributed by atoms with Gasteiger partial charge in [-0.25, -0.2) is 9.18 Å². The Morgan fingerprint density at radius 1 is 1.26 bits per heavy atom. The number of hydrogen-bond donors (Lipinski definition) is 1. The van der Waals surface area contributed by atoms with Crippen molar-refractivity contribution in [2.45, 2.75) is 6.61 Å². The SMILES string of the molecule is O=C(O)c1cc(F)c(OCc2ccccc2)c(Cl)c1. The van der Waals surface area contributed by atoms with Crippen molar-refractivity contribution in [3.63, 3.8) is 0 Å². The number of carboxylic acid groups (broad SMARTS) is 1. The molecule has 0 atom stereocenters. The molecule has 0 bridgehead atoms. The van der Waals surface area contributed by atoms with Crippen LogP contribution in [0.5, 0.6) is 5.75 Å². The first-order valence-corrected chi connectivity index (χ1v) is 5.85. The number of carbonyl (C=O) groups is 1. The molecule has 19 heavy (non-hydrogen) atoms. The molecule has 0 saturated heterocycles. The Bertz CT molecular complexity index is 576. The zero-order chi connectivity index (χ0) is 13.8. The molecule has 0 aromatic heterocycles. The van der Waals surface area contributed by atoms with Gasteiger partial charge in [0, 0.05) is 0 Å². The largest absolute Gasteiger partial charge is 0.484 e. The van der Waals surface area contributed by atoms with Crippen molar-refractivity contribution < 1.29 is 19.0 Å². The third-order valence-electron chi connectivity index (χ3n) is 2.47. The molecule has 98 valence electrons. The third kappa shape index (κ3) is 3.23. The van der Waals surface area contributed by atoms with Gasteiger partial charge >= 0.3 is 5.97 Å². The molecule has 0 aliphatic rings. The van der Waals surface area contributed by atoms with Crippen molar-refractivity contribution in [2.24, 2.45) is 0 Å². The monoisotopic (exact) mass is 280 g/mol. The van der Waals surface area contributed by atoms with Gasteiger partial charge in [0.2, 0.25) is 0 Å². The van der Waals surface area contributed by atoms with Gasteiger partial charge in [-0.05, 0) is 17.7 Å². The highest BCUT2D eigenvalue weighted by molar-refractivity contribution is 6.32. The molecular formula is C14H10ClFO3. The fourth-order valence-electron chi connectivity index (χ4n) is 1.55. The molecule has 0 unspecified atom stereocenters. The van der Waals surface area contributed by atoms with Gasteiger partial charge in [0.05, 0.1) is 10.6 Å². The second-order valence-corrected chi connectivity index (χ2v) is 4.26. The van der Waals surface area contributed by atoms with Gasteiger partial charge in [0.1, 0.15) is 6.61 Å². The molecule has 0 aliphatic carbocycles. The van der Waals surface area contributed by atoms with Crippen molar-refractivity contribution in [2.75, 3.05) is 0 Å². The topological polar surface area (TPSA) is 46.5 Å². The van der Waals surface area contributed by atoms with Gasteiger partial charge in [-0.2, -0.15) is 0 Å². The van der Waals surface area contributed by atoms with Crippen LogP contribution in [0, 0.1) is 5.82 Å². The minimum absolute atomic E-state index is 0.0617. The van der Waals surface area contributed by atoms with E-state index in [9.17, 15) is 9.18 Å². The second kappa shape index (κ2) is 5.71. The predicted octanol–water partition coefficient (Wildman–Crippen LogP) is 3.76. The van der Waals surface area contributed by atoms with Crippen molar-refractivity contribution in [3.05, 3.63) is 64.4 Å². The first-order chi connectivity index (χ1) is 9.08. The molecule has 2 rings (SSSR count). The first kappa shape index (κ1) is 13.4. The molecule has 3 nitrogen and oxygen atoms in total. The molecule has 0 saturated carbocycles. The van der Waals surface area contributed by atoms with Crippen molar-refractivity contribution >= 4 is 17.6 Å². The summed E-state index contributed by atoms with van der Waals surface area (Å²) in [4.78, 5) is 10.7. The summed E-state index contributed by atoms with van der Waals surface area (Å²) in [5.74, 6) is -2.17. The summed E-state index contributed by atoms with van der Waals surface area (Å²) in [5.41, 5.74) is 0.648. The van der Waals surface area contributed by atoms with Crippen LogP contribution in [-0.4, -0.2) is 11.1 Å².